The van der Waals surface area contributed by atoms with Gasteiger partial charge in [0.15, 0.2) is 0 Å². The molecule has 0 saturated carbocycles. The maximum absolute atomic E-state index is 11.2. The second-order valence-corrected chi connectivity index (χ2v) is 7.39. The van der Waals surface area contributed by atoms with Crippen molar-refractivity contribution in [3.63, 3.8) is 0 Å². The average molecular weight is 400 g/mol. The van der Waals surface area contributed by atoms with Gasteiger partial charge in [-0.3, -0.25) is 0 Å². The molecule has 29 heavy (non-hydrogen) atoms. The van der Waals surface area contributed by atoms with Gasteiger partial charge in [-0.25, -0.2) is 4.79 Å². The van der Waals surface area contributed by atoms with Gasteiger partial charge < -0.3 is 14.7 Å². The third-order valence-corrected chi connectivity index (χ3v) is 5.66. The molecule has 0 aromatic heterocycles. The molecule has 0 amide bonds. The van der Waals surface area contributed by atoms with E-state index in [9.17, 15) is 4.79 Å². The normalized spacial score (nSPS) is 12.6. The summed E-state index contributed by atoms with van der Waals surface area (Å²) in [5.74, 6) is -0.449. The molecule has 0 fully saturated rings. The Labute approximate surface area is 172 Å². The van der Waals surface area contributed by atoms with E-state index in [4.69, 9.17) is 15.1 Å². The molecule has 3 aromatic rings. The Bertz CT molecular complexity index is 1160. The molecule has 3 aromatic carbocycles. The molecular weight excluding hydrogens is 384 g/mol. The summed E-state index contributed by atoms with van der Waals surface area (Å²) in [7, 11) is 1.64. The Morgan fingerprint density at radius 1 is 1.07 bits per heavy atom. The monoisotopic (exact) mass is 400 g/mol. The number of benzene rings is 3. The molecule has 1 aliphatic heterocycles. The van der Waals surface area contributed by atoms with E-state index in [0.29, 0.717) is 5.56 Å². The first-order chi connectivity index (χ1) is 14.1. The highest BCUT2D eigenvalue weighted by Gasteiger charge is 2.24. The van der Waals surface area contributed by atoms with Crippen LogP contribution in [0.4, 0.5) is 17.1 Å². The number of nitrogens with zero attached hydrogens (tertiary/aromatic N) is 2. The van der Waals surface area contributed by atoms with Crippen molar-refractivity contribution in [1.29, 1.82) is 5.26 Å². The van der Waals surface area contributed by atoms with Gasteiger partial charge in [-0.2, -0.15) is 5.26 Å². The molecule has 0 spiro atoms. The zero-order valence-corrected chi connectivity index (χ0v) is 16.3. The predicted molar refractivity (Wildman–Crippen MR) is 113 cm³/mol. The van der Waals surface area contributed by atoms with Crippen LogP contribution in [0.5, 0.6) is 5.75 Å². The van der Waals surface area contributed by atoms with Gasteiger partial charge in [0.05, 0.1) is 18.5 Å². The first-order valence-electron chi connectivity index (χ1n) is 8.81. The number of carboxylic acid groups (broad SMARTS) is 1. The zero-order chi connectivity index (χ0) is 20.4. The van der Waals surface area contributed by atoms with Gasteiger partial charge in [-0.05, 0) is 60.2 Å². The average Bonchev–Trinajstić information content (AvgIpc) is 2.75. The highest BCUT2D eigenvalue weighted by Crippen LogP contribution is 2.51. The first kappa shape index (κ1) is 18.7. The maximum Gasteiger partial charge on any atom is 0.346 e. The van der Waals surface area contributed by atoms with E-state index in [1.807, 2.05) is 54.6 Å². The van der Waals surface area contributed by atoms with Gasteiger partial charge in [-0.15, -0.1) is 0 Å². The highest BCUT2D eigenvalue weighted by molar-refractivity contribution is 7.99. The summed E-state index contributed by atoms with van der Waals surface area (Å²) < 4.78 is 5.27. The smallest absolute Gasteiger partial charge is 0.346 e. The second-order valence-electron chi connectivity index (χ2n) is 6.31. The van der Waals surface area contributed by atoms with Crippen molar-refractivity contribution in [1.82, 2.24) is 0 Å². The zero-order valence-electron chi connectivity index (χ0n) is 15.5. The minimum absolute atomic E-state index is 0.293. The summed E-state index contributed by atoms with van der Waals surface area (Å²) in [5.41, 5.74) is 3.43. The van der Waals surface area contributed by atoms with Gasteiger partial charge in [0.2, 0.25) is 0 Å². The van der Waals surface area contributed by atoms with Crippen LogP contribution in [-0.4, -0.2) is 18.2 Å². The van der Waals surface area contributed by atoms with E-state index in [0.717, 1.165) is 32.6 Å². The second kappa shape index (κ2) is 7.74. The van der Waals surface area contributed by atoms with Crippen molar-refractivity contribution in [3.8, 4) is 11.8 Å². The van der Waals surface area contributed by atoms with Crippen LogP contribution < -0.4 is 9.64 Å². The summed E-state index contributed by atoms with van der Waals surface area (Å²) in [6.07, 6.45) is 1.39. The first-order valence-corrected chi connectivity index (χ1v) is 9.62. The largest absolute Gasteiger partial charge is 0.497 e. The van der Waals surface area contributed by atoms with Crippen molar-refractivity contribution < 1.29 is 14.6 Å². The molecule has 4 rings (SSSR count). The fraction of sp³-hybridized carbons (Fsp3) is 0.0435. The topological polar surface area (TPSA) is 73.6 Å². The molecule has 1 heterocycles. The molecule has 0 saturated heterocycles. The van der Waals surface area contributed by atoms with Gasteiger partial charge in [-0.1, -0.05) is 30.0 Å². The molecule has 6 heteroatoms. The number of fused-ring (bicyclic) bond motifs is 2. The lowest BCUT2D eigenvalue weighted by molar-refractivity contribution is -0.132. The SMILES string of the molecule is COc1ccc(N2c3ccccc3Sc3cc(/C=C(/C#N)C(=O)O)ccc32)cc1. The molecule has 1 aliphatic rings. The number of aliphatic carboxylic acids is 1. The minimum Gasteiger partial charge on any atom is -0.497 e. The maximum atomic E-state index is 11.2. The number of ether oxygens (including phenoxy) is 1. The van der Waals surface area contributed by atoms with Crippen LogP contribution in [0.2, 0.25) is 0 Å². The number of methoxy groups -OCH3 is 1. The Hall–Kier alpha value is -3.69. The third kappa shape index (κ3) is 3.56. The number of nitriles is 1. The number of hydrogen-bond acceptors (Lipinski definition) is 5. The van der Waals surface area contributed by atoms with Gasteiger partial charge >= 0.3 is 5.97 Å². The van der Waals surface area contributed by atoms with Crippen LogP contribution in [0.3, 0.4) is 0 Å². The fourth-order valence-corrected chi connectivity index (χ4v) is 4.29. The van der Waals surface area contributed by atoms with E-state index in [-0.39, 0.29) is 5.57 Å². The van der Waals surface area contributed by atoms with Crippen LogP contribution >= 0.6 is 11.8 Å². The van der Waals surface area contributed by atoms with E-state index in [1.54, 1.807) is 24.9 Å². The quantitative estimate of drug-likeness (QED) is 0.354. The van der Waals surface area contributed by atoms with Gasteiger partial charge in [0.1, 0.15) is 17.4 Å². The van der Waals surface area contributed by atoms with Crippen LogP contribution in [0, 0.1) is 11.3 Å². The minimum atomic E-state index is -1.23. The van der Waals surface area contributed by atoms with E-state index in [2.05, 4.69) is 17.0 Å². The Balaban J connectivity index is 1.84. The molecule has 0 aliphatic carbocycles. The van der Waals surface area contributed by atoms with E-state index >= 15 is 0 Å². The Morgan fingerprint density at radius 3 is 2.48 bits per heavy atom. The van der Waals surface area contributed by atoms with Crippen LogP contribution in [0.25, 0.3) is 6.08 Å². The number of carbonyl (C=O) groups is 1. The molecule has 0 unspecified atom stereocenters. The van der Waals surface area contributed by atoms with Crippen LogP contribution in [0.1, 0.15) is 5.56 Å². The van der Waals surface area contributed by atoms with E-state index in [1.165, 1.54) is 6.08 Å². The van der Waals surface area contributed by atoms with Crippen molar-refractivity contribution in [3.05, 3.63) is 77.9 Å². The fourth-order valence-electron chi connectivity index (χ4n) is 3.18. The Kier molecular flexibility index (Phi) is 4.98. The lowest BCUT2D eigenvalue weighted by atomic mass is 10.1. The van der Waals surface area contributed by atoms with Gasteiger partial charge in [0, 0.05) is 15.5 Å². The highest BCUT2D eigenvalue weighted by atomic mass is 32.2. The molecular formula is C23H16N2O3S. The number of rotatable bonds is 4. The summed E-state index contributed by atoms with van der Waals surface area (Å²) in [4.78, 5) is 15.4. The molecule has 0 atom stereocenters. The van der Waals surface area contributed by atoms with Gasteiger partial charge in [0.25, 0.3) is 0 Å². The summed E-state index contributed by atoms with van der Waals surface area (Å²) >= 11 is 1.62. The van der Waals surface area contributed by atoms with Crippen LogP contribution in [0.15, 0.2) is 82.1 Å². The molecule has 142 valence electrons. The number of para-hydroxylation sites is 1. The lowest BCUT2D eigenvalue weighted by Gasteiger charge is -2.33. The molecule has 5 nitrogen and oxygen atoms in total. The predicted octanol–water partition coefficient (Wildman–Crippen LogP) is 5.62. The van der Waals surface area contributed by atoms with Crippen molar-refractivity contribution in [2.75, 3.05) is 12.0 Å². The molecule has 0 bridgehead atoms. The Morgan fingerprint density at radius 2 is 1.79 bits per heavy atom. The number of carboxylic acids is 1. The van der Waals surface area contributed by atoms with Crippen molar-refractivity contribution in [2.24, 2.45) is 0 Å². The third-order valence-electron chi connectivity index (χ3n) is 4.54. The standard InChI is InChI=1S/C23H16N2O3S/c1-28-18-9-7-17(8-10-18)25-19-4-2-3-5-21(19)29-22-13-15(6-11-20(22)25)12-16(14-24)23(26)27/h2-13H,1H3,(H,26,27)/b16-12-. The van der Waals surface area contributed by atoms with Crippen LogP contribution in [-0.2, 0) is 4.79 Å². The summed E-state index contributed by atoms with van der Waals surface area (Å²) in [6, 6.07) is 23.4. The number of anilines is 3. The molecule has 0 radical (unpaired) electrons. The van der Waals surface area contributed by atoms with Crippen molar-refractivity contribution >= 4 is 40.9 Å². The molecule has 1 N–H and O–H groups in total. The van der Waals surface area contributed by atoms with Crippen molar-refractivity contribution in [2.45, 2.75) is 9.79 Å². The summed E-state index contributed by atoms with van der Waals surface area (Å²) in [6.45, 7) is 0. The number of hydrogen-bond donors (Lipinski definition) is 1. The summed E-state index contributed by atoms with van der Waals surface area (Å²) in [5, 5.41) is 18.2. The van der Waals surface area contributed by atoms with E-state index < -0.39 is 5.97 Å². The lowest BCUT2D eigenvalue weighted by Crippen LogP contribution is -2.14.